The highest BCUT2D eigenvalue weighted by Gasteiger charge is 2.14. The van der Waals surface area contributed by atoms with Crippen LogP contribution in [-0.2, 0) is 0 Å². The molecule has 4 aromatic rings. The largest absolute Gasteiger partial charge is 0.493 e. The summed E-state index contributed by atoms with van der Waals surface area (Å²) in [5.74, 6) is 2.10. The van der Waals surface area contributed by atoms with Gasteiger partial charge in [0, 0.05) is 23.4 Å². The lowest BCUT2D eigenvalue weighted by Gasteiger charge is -2.15. The Labute approximate surface area is 184 Å². The molecule has 0 saturated heterocycles. The molecule has 0 fully saturated rings. The molecule has 9 nitrogen and oxygen atoms in total. The third-order valence-electron chi connectivity index (χ3n) is 4.62. The van der Waals surface area contributed by atoms with Crippen LogP contribution in [0.25, 0.3) is 11.2 Å². The van der Waals surface area contributed by atoms with E-state index in [9.17, 15) is 4.79 Å². The number of pyridine rings is 1. The molecule has 0 atom stereocenters. The van der Waals surface area contributed by atoms with Gasteiger partial charge in [-0.05, 0) is 24.3 Å². The van der Waals surface area contributed by atoms with E-state index in [0.29, 0.717) is 51.3 Å². The number of hydrogen-bond donors (Lipinski definition) is 2. The fourth-order valence-corrected chi connectivity index (χ4v) is 3.11. The number of ether oxygens (including phenoxy) is 3. The number of methoxy groups -OCH3 is 3. The van der Waals surface area contributed by atoms with Gasteiger partial charge < -0.3 is 24.8 Å². The number of nitrogens with zero attached hydrogens (tertiary/aromatic N) is 3. The maximum absolute atomic E-state index is 12.4. The van der Waals surface area contributed by atoms with Crippen molar-refractivity contribution in [2.75, 3.05) is 32.0 Å². The molecule has 0 unspecified atom stereocenters. The summed E-state index contributed by atoms with van der Waals surface area (Å²) in [6, 6.07) is 15.9. The van der Waals surface area contributed by atoms with Crippen molar-refractivity contribution in [3.05, 3.63) is 66.4 Å². The molecule has 0 aliphatic heterocycles. The molecule has 2 aromatic carbocycles. The van der Waals surface area contributed by atoms with E-state index in [4.69, 9.17) is 14.2 Å². The predicted molar refractivity (Wildman–Crippen MR) is 121 cm³/mol. The number of nitrogens with one attached hydrogen (secondary N) is 2. The molecule has 32 heavy (non-hydrogen) atoms. The molecule has 4 rings (SSSR count). The molecule has 2 aromatic heterocycles. The van der Waals surface area contributed by atoms with Crippen LogP contribution in [0.4, 0.5) is 17.3 Å². The Morgan fingerprint density at radius 2 is 1.53 bits per heavy atom. The average Bonchev–Trinajstić information content (AvgIpc) is 2.83. The highest BCUT2D eigenvalue weighted by molar-refractivity contribution is 6.04. The van der Waals surface area contributed by atoms with Gasteiger partial charge in [-0.25, -0.2) is 15.0 Å². The van der Waals surface area contributed by atoms with Crippen molar-refractivity contribution in [3.63, 3.8) is 0 Å². The van der Waals surface area contributed by atoms with Gasteiger partial charge in [0.25, 0.3) is 5.91 Å². The maximum atomic E-state index is 12.4. The highest BCUT2D eigenvalue weighted by Crippen LogP contribution is 2.40. The number of rotatable bonds is 7. The number of hydrogen-bond acceptors (Lipinski definition) is 8. The molecule has 9 heteroatoms. The van der Waals surface area contributed by atoms with Crippen molar-refractivity contribution in [1.29, 1.82) is 0 Å². The van der Waals surface area contributed by atoms with Crippen molar-refractivity contribution in [2.24, 2.45) is 0 Å². The Bertz CT molecular complexity index is 1240. The van der Waals surface area contributed by atoms with E-state index in [1.165, 1.54) is 0 Å². The molecule has 162 valence electrons. The molecule has 0 aliphatic rings. The average molecular weight is 431 g/mol. The van der Waals surface area contributed by atoms with Crippen molar-refractivity contribution in [2.45, 2.75) is 0 Å². The molecule has 0 spiro atoms. The summed E-state index contributed by atoms with van der Waals surface area (Å²) < 4.78 is 16.1. The van der Waals surface area contributed by atoms with E-state index in [-0.39, 0.29) is 5.91 Å². The molecule has 0 saturated carbocycles. The van der Waals surface area contributed by atoms with Crippen LogP contribution in [0.15, 0.2) is 60.8 Å². The first kappa shape index (κ1) is 20.9. The summed E-state index contributed by atoms with van der Waals surface area (Å²) in [6.07, 6.45) is 1.59. The lowest BCUT2D eigenvalue weighted by molar-refractivity contribution is 0.102. The summed E-state index contributed by atoms with van der Waals surface area (Å²) >= 11 is 0. The minimum atomic E-state index is -0.253. The lowest BCUT2D eigenvalue weighted by atomic mass is 10.2. The van der Waals surface area contributed by atoms with Gasteiger partial charge in [-0.1, -0.05) is 18.2 Å². The fraction of sp³-hybridized carbons (Fsp3) is 0.130. The van der Waals surface area contributed by atoms with E-state index in [1.54, 1.807) is 76.1 Å². The second-order valence-electron chi connectivity index (χ2n) is 6.65. The summed E-state index contributed by atoms with van der Waals surface area (Å²) in [4.78, 5) is 25.7. The summed E-state index contributed by atoms with van der Waals surface area (Å²) in [5.41, 5.74) is 2.19. The Balaban J connectivity index is 1.60. The van der Waals surface area contributed by atoms with Crippen molar-refractivity contribution in [3.8, 4) is 17.2 Å². The molecule has 2 N–H and O–H groups in total. The SMILES string of the molecule is COc1cc(Nc2cnc3ccc(NC(=O)c4ccccc4)nc3n2)cc(OC)c1OC. The Morgan fingerprint density at radius 1 is 0.844 bits per heavy atom. The molecule has 0 radical (unpaired) electrons. The number of carbonyl (C=O) groups excluding carboxylic acids is 1. The van der Waals surface area contributed by atoms with Crippen LogP contribution >= 0.6 is 0 Å². The number of carbonyl (C=O) groups is 1. The van der Waals surface area contributed by atoms with Crippen LogP contribution in [-0.4, -0.2) is 42.2 Å². The van der Waals surface area contributed by atoms with Crippen LogP contribution in [0.1, 0.15) is 10.4 Å². The smallest absolute Gasteiger partial charge is 0.256 e. The molecular formula is C23H21N5O4. The Morgan fingerprint density at radius 3 is 2.19 bits per heavy atom. The summed E-state index contributed by atoms with van der Waals surface area (Å²) in [5, 5.41) is 5.94. The van der Waals surface area contributed by atoms with E-state index in [2.05, 4.69) is 25.6 Å². The zero-order valence-corrected chi connectivity index (χ0v) is 17.7. The van der Waals surface area contributed by atoms with Gasteiger partial charge in [-0.3, -0.25) is 4.79 Å². The summed E-state index contributed by atoms with van der Waals surface area (Å²) in [7, 11) is 4.64. The van der Waals surface area contributed by atoms with Gasteiger partial charge in [0.15, 0.2) is 23.0 Å². The molecule has 0 aliphatic carbocycles. The second-order valence-corrected chi connectivity index (χ2v) is 6.65. The quantitative estimate of drug-likeness (QED) is 0.451. The van der Waals surface area contributed by atoms with E-state index >= 15 is 0 Å². The first-order chi connectivity index (χ1) is 15.6. The zero-order chi connectivity index (χ0) is 22.5. The molecule has 2 heterocycles. The minimum absolute atomic E-state index is 0.253. The first-order valence-electron chi connectivity index (χ1n) is 9.68. The van der Waals surface area contributed by atoms with E-state index in [1.807, 2.05) is 6.07 Å². The minimum Gasteiger partial charge on any atom is -0.493 e. The standard InChI is InChI=1S/C23H21N5O4/c1-30-17-11-15(12-18(31-2)21(17)32-3)25-20-13-24-16-9-10-19(26-22(16)27-20)28-23(29)14-7-5-4-6-8-14/h4-13H,1-3H3,(H2,25,26,27,28,29). The van der Waals surface area contributed by atoms with Crippen LogP contribution in [0.2, 0.25) is 0 Å². The van der Waals surface area contributed by atoms with Crippen molar-refractivity contribution < 1.29 is 19.0 Å². The molecule has 1 amide bonds. The number of fused-ring (bicyclic) bond motifs is 1. The Hall–Kier alpha value is -4.40. The predicted octanol–water partition coefficient (Wildman–Crippen LogP) is 4.05. The van der Waals surface area contributed by atoms with Crippen LogP contribution in [0.3, 0.4) is 0 Å². The van der Waals surface area contributed by atoms with E-state index in [0.717, 1.165) is 0 Å². The highest BCUT2D eigenvalue weighted by atomic mass is 16.5. The molecule has 0 bridgehead atoms. The topological polar surface area (TPSA) is 107 Å². The van der Waals surface area contributed by atoms with Gasteiger partial charge in [0.2, 0.25) is 5.75 Å². The number of aromatic nitrogens is 3. The number of amides is 1. The second kappa shape index (κ2) is 9.17. The zero-order valence-electron chi connectivity index (χ0n) is 17.7. The van der Waals surface area contributed by atoms with E-state index < -0.39 is 0 Å². The van der Waals surface area contributed by atoms with Crippen molar-refractivity contribution >= 4 is 34.4 Å². The van der Waals surface area contributed by atoms with Crippen LogP contribution in [0, 0.1) is 0 Å². The van der Waals surface area contributed by atoms with Crippen LogP contribution < -0.4 is 24.8 Å². The van der Waals surface area contributed by atoms with Crippen molar-refractivity contribution in [1.82, 2.24) is 15.0 Å². The lowest BCUT2D eigenvalue weighted by Crippen LogP contribution is -2.13. The first-order valence-corrected chi connectivity index (χ1v) is 9.68. The van der Waals surface area contributed by atoms with Crippen LogP contribution in [0.5, 0.6) is 17.2 Å². The molecular weight excluding hydrogens is 410 g/mol. The maximum Gasteiger partial charge on any atom is 0.256 e. The van der Waals surface area contributed by atoms with Gasteiger partial charge in [-0.2, -0.15) is 0 Å². The van der Waals surface area contributed by atoms with Gasteiger partial charge in [0.05, 0.1) is 27.5 Å². The van der Waals surface area contributed by atoms with Gasteiger partial charge in [0.1, 0.15) is 11.3 Å². The fourth-order valence-electron chi connectivity index (χ4n) is 3.11. The number of benzene rings is 2. The number of anilines is 3. The Kier molecular flexibility index (Phi) is 5.98. The normalized spacial score (nSPS) is 10.5. The summed E-state index contributed by atoms with van der Waals surface area (Å²) in [6.45, 7) is 0. The third kappa shape index (κ3) is 4.36. The van der Waals surface area contributed by atoms with Gasteiger partial charge >= 0.3 is 0 Å². The third-order valence-corrected chi connectivity index (χ3v) is 4.62. The monoisotopic (exact) mass is 431 g/mol. The van der Waals surface area contributed by atoms with Gasteiger partial charge in [-0.15, -0.1) is 0 Å².